The molecule has 6 heteroatoms. The molecule has 2 N–H and O–H groups in total. The van der Waals surface area contributed by atoms with E-state index in [4.69, 9.17) is 4.42 Å². The zero-order valence-electron chi connectivity index (χ0n) is 17.9. The van der Waals surface area contributed by atoms with Crippen LogP contribution in [0, 0.1) is 0 Å². The van der Waals surface area contributed by atoms with Gasteiger partial charge in [-0.05, 0) is 58.0 Å². The molecule has 1 heterocycles. The molecule has 0 bridgehead atoms. The van der Waals surface area contributed by atoms with Crippen LogP contribution in [0.1, 0.15) is 49.9 Å². The number of furan rings is 1. The van der Waals surface area contributed by atoms with E-state index in [1.807, 2.05) is 51.1 Å². The smallest absolute Gasteiger partial charge is 0.253 e. The third-order valence-corrected chi connectivity index (χ3v) is 5.19. The van der Waals surface area contributed by atoms with Crippen LogP contribution in [0.15, 0.2) is 59.0 Å². The molecular weight excluding hydrogens is 378 g/mol. The van der Waals surface area contributed by atoms with Crippen molar-refractivity contribution in [2.24, 2.45) is 0 Å². The highest BCUT2D eigenvalue weighted by atomic mass is 16.3. The zero-order valence-corrected chi connectivity index (χ0v) is 17.9. The maximum absolute atomic E-state index is 12.7. The number of nitrogens with one attached hydrogen (secondary N) is 2. The van der Waals surface area contributed by atoms with E-state index in [1.54, 1.807) is 36.1 Å². The first-order valence-corrected chi connectivity index (χ1v) is 10.4. The van der Waals surface area contributed by atoms with Gasteiger partial charge in [0.15, 0.2) is 0 Å². The van der Waals surface area contributed by atoms with Crippen molar-refractivity contribution in [2.45, 2.75) is 39.8 Å². The summed E-state index contributed by atoms with van der Waals surface area (Å²) in [5.74, 6) is 0.564. The van der Waals surface area contributed by atoms with E-state index in [1.165, 1.54) is 0 Å². The molecule has 6 nitrogen and oxygen atoms in total. The van der Waals surface area contributed by atoms with Crippen LogP contribution < -0.4 is 10.6 Å². The average Bonchev–Trinajstić information content (AvgIpc) is 3.19. The summed E-state index contributed by atoms with van der Waals surface area (Å²) in [6.07, 6.45) is 0. The van der Waals surface area contributed by atoms with Gasteiger partial charge in [-0.2, -0.15) is 0 Å². The number of anilines is 1. The molecule has 0 aliphatic rings. The molecule has 0 fully saturated rings. The number of nitrogens with zero attached hydrogens (tertiary/aromatic N) is 1. The Balaban J connectivity index is 1.64. The van der Waals surface area contributed by atoms with Crippen molar-refractivity contribution >= 4 is 28.5 Å². The van der Waals surface area contributed by atoms with Gasteiger partial charge in [0, 0.05) is 29.7 Å². The Hall–Kier alpha value is -3.12. The van der Waals surface area contributed by atoms with Crippen LogP contribution in [0.5, 0.6) is 0 Å². The number of para-hydroxylation sites is 1. The summed E-state index contributed by atoms with van der Waals surface area (Å²) in [5, 5.41) is 7.20. The van der Waals surface area contributed by atoms with E-state index >= 15 is 0 Å². The monoisotopic (exact) mass is 407 g/mol. The van der Waals surface area contributed by atoms with Crippen LogP contribution in [0.3, 0.4) is 0 Å². The largest absolute Gasteiger partial charge is 0.459 e. The quantitative estimate of drug-likeness (QED) is 0.573. The lowest BCUT2D eigenvalue weighted by Gasteiger charge is -2.20. The number of hydrogen-bond acceptors (Lipinski definition) is 4. The molecule has 0 aliphatic carbocycles. The van der Waals surface area contributed by atoms with E-state index in [0.29, 0.717) is 24.3 Å². The van der Waals surface area contributed by atoms with Crippen molar-refractivity contribution < 1.29 is 14.0 Å². The molecule has 2 unspecified atom stereocenters. The molecule has 0 saturated carbocycles. The number of carbonyl (C=O) groups excluding carboxylic acids is 2. The van der Waals surface area contributed by atoms with Gasteiger partial charge in [0.25, 0.3) is 5.91 Å². The first-order valence-electron chi connectivity index (χ1n) is 10.4. The van der Waals surface area contributed by atoms with Crippen LogP contribution in [-0.4, -0.2) is 35.8 Å². The van der Waals surface area contributed by atoms with Gasteiger partial charge in [0.2, 0.25) is 5.91 Å². The Labute approximate surface area is 177 Å². The van der Waals surface area contributed by atoms with Crippen LogP contribution in [-0.2, 0) is 4.79 Å². The van der Waals surface area contributed by atoms with Gasteiger partial charge in [-0.3, -0.25) is 14.9 Å². The van der Waals surface area contributed by atoms with Gasteiger partial charge in [-0.25, -0.2) is 0 Å². The van der Waals surface area contributed by atoms with Crippen molar-refractivity contribution in [1.29, 1.82) is 0 Å². The molecule has 3 aromatic rings. The molecule has 1 aromatic heterocycles. The summed E-state index contributed by atoms with van der Waals surface area (Å²) in [6.45, 7) is 8.95. The van der Waals surface area contributed by atoms with Gasteiger partial charge in [0.05, 0.1) is 12.1 Å². The minimum Gasteiger partial charge on any atom is -0.459 e. The molecule has 0 aliphatic heterocycles. The molecular formula is C24H29N3O3. The van der Waals surface area contributed by atoms with E-state index in [2.05, 4.69) is 10.6 Å². The highest BCUT2D eigenvalue weighted by molar-refractivity contribution is 5.98. The SMILES string of the molecule is CCN(CC)C(=O)c1cccc(NC(=O)C(C)NC(C)c2cc3ccccc3o2)c1. The number of carbonyl (C=O) groups is 2. The van der Waals surface area contributed by atoms with Crippen molar-refractivity contribution in [1.82, 2.24) is 10.2 Å². The molecule has 0 spiro atoms. The van der Waals surface area contributed by atoms with Crippen LogP contribution in [0.4, 0.5) is 5.69 Å². The maximum atomic E-state index is 12.7. The molecule has 158 valence electrons. The van der Waals surface area contributed by atoms with Crippen molar-refractivity contribution in [3.8, 4) is 0 Å². The lowest BCUT2D eigenvalue weighted by molar-refractivity contribution is -0.118. The first-order chi connectivity index (χ1) is 14.4. The molecule has 30 heavy (non-hydrogen) atoms. The molecule has 0 saturated heterocycles. The Bertz CT molecular complexity index is 990. The highest BCUT2D eigenvalue weighted by Gasteiger charge is 2.19. The lowest BCUT2D eigenvalue weighted by Crippen LogP contribution is -2.39. The average molecular weight is 408 g/mol. The Morgan fingerprint density at radius 2 is 1.73 bits per heavy atom. The topological polar surface area (TPSA) is 74.6 Å². The molecule has 0 radical (unpaired) electrons. The van der Waals surface area contributed by atoms with Crippen molar-refractivity contribution in [3.05, 3.63) is 65.9 Å². The number of benzene rings is 2. The minimum absolute atomic E-state index is 0.0409. The van der Waals surface area contributed by atoms with E-state index < -0.39 is 6.04 Å². The van der Waals surface area contributed by atoms with Crippen molar-refractivity contribution in [3.63, 3.8) is 0 Å². The number of fused-ring (bicyclic) bond motifs is 1. The zero-order chi connectivity index (χ0) is 21.7. The summed E-state index contributed by atoms with van der Waals surface area (Å²) in [4.78, 5) is 27.0. The molecule has 2 aromatic carbocycles. The Kier molecular flexibility index (Phi) is 6.90. The van der Waals surface area contributed by atoms with Crippen LogP contribution >= 0.6 is 0 Å². The van der Waals surface area contributed by atoms with Crippen LogP contribution in [0.2, 0.25) is 0 Å². The van der Waals surface area contributed by atoms with Gasteiger partial charge < -0.3 is 14.6 Å². The fourth-order valence-corrected chi connectivity index (χ4v) is 3.42. The second-order valence-electron chi connectivity index (χ2n) is 7.34. The van der Waals surface area contributed by atoms with Crippen LogP contribution in [0.25, 0.3) is 11.0 Å². The van der Waals surface area contributed by atoms with E-state index in [-0.39, 0.29) is 17.9 Å². The fourth-order valence-electron chi connectivity index (χ4n) is 3.42. The number of amides is 2. The van der Waals surface area contributed by atoms with E-state index in [0.717, 1.165) is 16.7 Å². The Morgan fingerprint density at radius 1 is 1.00 bits per heavy atom. The molecule has 2 amide bonds. The second kappa shape index (κ2) is 9.59. The number of hydrogen-bond donors (Lipinski definition) is 2. The van der Waals surface area contributed by atoms with Gasteiger partial charge >= 0.3 is 0 Å². The normalized spacial score (nSPS) is 13.1. The molecule has 2 atom stereocenters. The minimum atomic E-state index is -0.449. The highest BCUT2D eigenvalue weighted by Crippen LogP contribution is 2.24. The van der Waals surface area contributed by atoms with Gasteiger partial charge in [0.1, 0.15) is 11.3 Å². The first kappa shape index (κ1) is 21.6. The lowest BCUT2D eigenvalue weighted by atomic mass is 10.1. The molecule has 3 rings (SSSR count). The third-order valence-electron chi connectivity index (χ3n) is 5.19. The predicted molar refractivity (Wildman–Crippen MR) is 120 cm³/mol. The predicted octanol–water partition coefficient (Wildman–Crippen LogP) is 4.59. The van der Waals surface area contributed by atoms with E-state index in [9.17, 15) is 9.59 Å². The van der Waals surface area contributed by atoms with Gasteiger partial charge in [-0.1, -0.05) is 24.3 Å². The summed E-state index contributed by atoms with van der Waals surface area (Å²) in [7, 11) is 0. The summed E-state index contributed by atoms with van der Waals surface area (Å²) < 4.78 is 5.88. The Morgan fingerprint density at radius 3 is 2.43 bits per heavy atom. The summed E-state index contributed by atoms with van der Waals surface area (Å²) in [6, 6.07) is 16.3. The van der Waals surface area contributed by atoms with Gasteiger partial charge in [-0.15, -0.1) is 0 Å². The van der Waals surface area contributed by atoms with Crippen molar-refractivity contribution in [2.75, 3.05) is 18.4 Å². The standard InChI is InChI=1S/C24H29N3O3/c1-5-27(6-2)24(29)19-11-9-12-20(14-19)26-23(28)17(4)25-16(3)22-15-18-10-7-8-13-21(18)30-22/h7-17,25H,5-6H2,1-4H3,(H,26,28). The number of rotatable bonds is 8. The summed E-state index contributed by atoms with van der Waals surface area (Å²) >= 11 is 0. The second-order valence-corrected chi connectivity index (χ2v) is 7.34. The third kappa shape index (κ3) is 4.89. The summed E-state index contributed by atoms with van der Waals surface area (Å²) in [5.41, 5.74) is 1.99. The maximum Gasteiger partial charge on any atom is 0.253 e. The fraction of sp³-hybridized carbons (Fsp3) is 0.333.